The normalized spacial score (nSPS) is 12.5. The third-order valence-corrected chi connectivity index (χ3v) is 1.28. The number of aliphatic imine (C=N–C) groups is 1. The van der Waals surface area contributed by atoms with Crippen molar-refractivity contribution in [2.75, 3.05) is 0 Å². The van der Waals surface area contributed by atoms with Gasteiger partial charge < -0.3 is 0 Å². The summed E-state index contributed by atoms with van der Waals surface area (Å²) in [6, 6.07) is 1.97. The summed E-state index contributed by atoms with van der Waals surface area (Å²) in [5.74, 6) is 0. The highest BCUT2D eigenvalue weighted by Gasteiger charge is 1.85. The first kappa shape index (κ1) is 9.64. The van der Waals surface area contributed by atoms with Gasteiger partial charge in [0.2, 0.25) is 0 Å². The van der Waals surface area contributed by atoms with E-state index in [4.69, 9.17) is 5.26 Å². The van der Waals surface area contributed by atoms with E-state index in [-0.39, 0.29) is 0 Å². The lowest BCUT2D eigenvalue weighted by Crippen LogP contribution is -1.84. The first-order valence-corrected chi connectivity index (χ1v) is 3.50. The molecule has 0 rings (SSSR count). The van der Waals surface area contributed by atoms with Gasteiger partial charge in [0.15, 0.2) is 0 Å². The second kappa shape index (κ2) is 5.43. The number of rotatable bonds is 3. The molecule has 0 aromatic rings. The minimum Gasteiger partial charge on any atom is -0.265 e. The average Bonchev–Trinajstić information content (AvgIpc) is 2.06. The second-order valence-corrected chi connectivity index (χ2v) is 2.12. The van der Waals surface area contributed by atoms with E-state index in [9.17, 15) is 0 Å². The third kappa shape index (κ3) is 4.10. The molecule has 0 radical (unpaired) electrons. The van der Waals surface area contributed by atoms with Crippen molar-refractivity contribution in [3.63, 3.8) is 0 Å². The van der Waals surface area contributed by atoms with Crippen LogP contribution in [0, 0.1) is 11.3 Å². The lowest BCUT2D eigenvalue weighted by Gasteiger charge is -1.88. The van der Waals surface area contributed by atoms with Gasteiger partial charge in [-0.3, -0.25) is 4.99 Å². The molecule has 0 fully saturated rings. The molecule has 0 aromatic carbocycles. The molecule has 0 N–H and O–H groups in total. The van der Waals surface area contributed by atoms with Crippen LogP contribution in [0.25, 0.3) is 0 Å². The van der Waals surface area contributed by atoms with E-state index in [2.05, 4.69) is 11.6 Å². The predicted octanol–water partition coefficient (Wildman–Crippen LogP) is 2.45. The summed E-state index contributed by atoms with van der Waals surface area (Å²) in [6.07, 6.45) is 3.94. The molecule has 0 saturated carbocycles. The summed E-state index contributed by atoms with van der Waals surface area (Å²) in [5.41, 5.74) is 1.51. The van der Waals surface area contributed by atoms with Gasteiger partial charge in [-0.2, -0.15) is 5.26 Å². The van der Waals surface area contributed by atoms with E-state index < -0.39 is 0 Å². The van der Waals surface area contributed by atoms with Crippen LogP contribution in [0.15, 0.2) is 29.4 Å². The van der Waals surface area contributed by atoms with Crippen LogP contribution in [0.5, 0.6) is 0 Å². The molecule has 2 nitrogen and oxygen atoms in total. The zero-order valence-electron chi connectivity index (χ0n) is 6.96. The van der Waals surface area contributed by atoms with Crippen molar-refractivity contribution in [1.29, 1.82) is 5.26 Å². The van der Waals surface area contributed by atoms with Crippen molar-refractivity contribution in [1.82, 2.24) is 0 Å². The molecule has 0 bridgehead atoms. The van der Waals surface area contributed by atoms with Crippen LogP contribution in [-0.4, -0.2) is 5.71 Å². The monoisotopic (exact) mass is 148 g/mol. The molecule has 0 atom stereocenters. The highest BCUT2D eigenvalue weighted by atomic mass is 14.7. The van der Waals surface area contributed by atoms with Crippen LogP contribution in [-0.2, 0) is 0 Å². The molecular formula is C9H12N2. The van der Waals surface area contributed by atoms with Crippen LogP contribution in [0.3, 0.4) is 0 Å². The van der Waals surface area contributed by atoms with Crippen molar-refractivity contribution < 1.29 is 0 Å². The van der Waals surface area contributed by atoms with Gasteiger partial charge in [-0.15, -0.1) is 0 Å². The maximum atomic E-state index is 8.45. The maximum Gasteiger partial charge on any atom is 0.101 e. The summed E-state index contributed by atoms with van der Waals surface area (Å²) in [7, 11) is 0. The largest absolute Gasteiger partial charge is 0.265 e. The number of nitrogens with zero attached hydrogens (tertiary/aromatic N) is 2. The minimum absolute atomic E-state index is 0.498. The quantitative estimate of drug-likeness (QED) is 0.344. The first-order valence-electron chi connectivity index (χ1n) is 3.50. The van der Waals surface area contributed by atoms with Gasteiger partial charge in [-0.05, 0) is 13.3 Å². The standard InChI is InChI=1S/C9H12N2/c1-4-8(3)11-7-9(5-2)6-10/h5,7H,2,4H2,1,3H3/b9-7+,11-8?. The van der Waals surface area contributed by atoms with Gasteiger partial charge in [0.25, 0.3) is 0 Å². The summed E-state index contributed by atoms with van der Waals surface area (Å²) in [4.78, 5) is 4.05. The molecule has 0 spiro atoms. The van der Waals surface area contributed by atoms with Crippen LogP contribution in [0.1, 0.15) is 20.3 Å². The molecule has 0 aliphatic carbocycles. The van der Waals surface area contributed by atoms with E-state index in [0.717, 1.165) is 12.1 Å². The minimum atomic E-state index is 0.498. The maximum absolute atomic E-state index is 8.45. The summed E-state index contributed by atoms with van der Waals surface area (Å²) in [6.45, 7) is 7.42. The number of hydrogen-bond donors (Lipinski definition) is 0. The van der Waals surface area contributed by atoms with Gasteiger partial charge in [0.1, 0.15) is 6.07 Å². The molecule has 2 heteroatoms. The van der Waals surface area contributed by atoms with E-state index in [1.165, 1.54) is 12.3 Å². The fraction of sp³-hybridized carbons (Fsp3) is 0.333. The van der Waals surface area contributed by atoms with E-state index in [1.54, 1.807) is 0 Å². The third-order valence-electron chi connectivity index (χ3n) is 1.28. The Hall–Kier alpha value is -1.36. The zero-order valence-corrected chi connectivity index (χ0v) is 6.96. The van der Waals surface area contributed by atoms with Crippen molar-refractivity contribution in [2.45, 2.75) is 20.3 Å². The Balaban J connectivity index is 4.33. The number of nitriles is 1. The Morgan fingerprint density at radius 1 is 1.73 bits per heavy atom. The van der Waals surface area contributed by atoms with Gasteiger partial charge in [0.05, 0.1) is 5.57 Å². The summed E-state index contributed by atoms with van der Waals surface area (Å²) in [5, 5.41) is 8.45. The smallest absolute Gasteiger partial charge is 0.101 e. The van der Waals surface area contributed by atoms with Crippen molar-refractivity contribution >= 4 is 5.71 Å². The molecule has 0 aliphatic rings. The van der Waals surface area contributed by atoms with Crippen LogP contribution < -0.4 is 0 Å². The predicted molar refractivity (Wildman–Crippen MR) is 47.3 cm³/mol. The molecule has 0 aromatic heterocycles. The van der Waals surface area contributed by atoms with E-state index >= 15 is 0 Å². The van der Waals surface area contributed by atoms with Crippen molar-refractivity contribution in [3.05, 3.63) is 24.4 Å². The van der Waals surface area contributed by atoms with Crippen LogP contribution >= 0.6 is 0 Å². The first-order chi connectivity index (χ1) is 5.24. The van der Waals surface area contributed by atoms with Crippen molar-refractivity contribution in [3.8, 4) is 6.07 Å². The molecule has 0 heterocycles. The SMILES string of the molecule is C=C/C(C#N)=C\N=C(C)CC. The lowest BCUT2D eigenvalue weighted by atomic mass is 10.3. The van der Waals surface area contributed by atoms with Gasteiger partial charge in [-0.1, -0.05) is 19.6 Å². The second-order valence-electron chi connectivity index (χ2n) is 2.12. The molecular weight excluding hydrogens is 136 g/mol. The van der Waals surface area contributed by atoms with Gasteiger partial charge in [-0.25, -0.2) is 0 Å². The highest BCUT2D eigenvalue weighted by Crippen LogP contribution is 1.94. The van der Waals surface area contributed by atoms with Gasteiger partial charge in [0, 0.05) is 11.9 Å². The summed E-state index contributed by atoms with van der Waals surface area (Å²) >= 11 is 0. The Bertz CT molecular complexity index is 228. The van der Waals surface area contributed by atoms with E-state index in [0.29, 0.717) is 5.57 Å². The fourth-order valence-corrected chi connectivity index (χ4v) is 0.398. The molecule has 11 heavy (non-hydrogen) atoms. The molecule has 0 saturated heterocycles. The average molecular weight is 148 g/mol. The van der Waals surface area contributed by atoms with Crippen LogP contribution in [0.2, 0.25) is 0 Å². The number of hydrogen-bond acceptors (Lipinski definition) is 2. The van der Waals surface area contributed by atoms with Crippen molar-refractivity contribution in [2.24, 2.45) is 4.99 Å². The Labute approximate surface area is 67.6 Å². The highest BCUT2D eigenvalue weighted by molar-refractivity contribution is 5.82. The zero-order chi connectivity index (χ0) is 8.69. The Morgan fingerprint density at radius 2 is 2.36 bits per heavy atom. The Kier molecular flexibility index (Phi) is 4.76. The topological polar surface area (TPSA) is 36.1 Å². The fourth-order valence-electron chi connectivity index (χ4n) is 0.398. The molecule has 0 unspecified atom stereocenters. The van der Waals surface area contributed by atoms with E-state index in [1.807, 2.05) is 19.9 Å². The Morgan fingerprint density at radius 3 is 2.73 bits per heavy atom. The number of allylic oxidation sites excluding steroid dienone is 2. The molecule has 0 aliphatic heterocycles. The van der Waals surface area contributed by atoms with Gasteiger partial charge >= 0.3 is 0 Å². The lowest BCUT2D eigenvalue weighted by molar-refractivity contribution is 1.25. The summed E-state index contributed by atoms with van der Waals surface area (Å²) < 4.78 is 0. The molecule has 58 valence electrons. The van der Waals surface area contributed by atoms with Crippen LogP contribution in [0.4, 0.5) is 0 Å². The molecule has 0 amide bonds.